The van der Waals surface area contributed by atoms with E-state index in [2.05, 4.69) is 42.0 Å². The minimum absolute atomic E-state index is 0.454. The van der Waals surface area contributed by atoms with Gasteiger partial charge in [-0.1, -0.05) is 19.1 Å². The van der Waals surface area contributed by atoms with Gasteiger partial charge in [0.25, 0.3) is 0 Å². The van der Waals surface area contributed by atoms with Crippen molar-refractivity contribution in [1.29, 1.82) is 0 Å². The number of imidazole rings is 1. The first kappa shape index (κ1) is 11.1. The monoisotopic (exact) mass is 217 g/mol. The second kappa shape index (κ2) is 4.66. The number of nitrogens with one attached hydrogen (secondary N) is 1. The number of nitrogens with two attached hydrogens (primary N) is 1. The minimum Gasteiger partial charge on any atom is -0.342 e. The highest BCUT2D eigenvalue weighted by Gasteiger charge is 2.10. The van der Waals surface area contributed by atoms with Gasteiger partial charge in [0.1, 0.15) is 5.82 Å². The fourth-order valence-corrected chi connectivity index (χ4v) is 1.99. The number of H-pyrrole nitrogens is 1. The number of nitrogens with zero attached hydrogens (tertiary/aromatic N) is 1. The van der Waals surface area contributed by atoms with Crippen LogP contribution in [-0.2, 0) is 0 Å². The predicted molar refractivity (Wildman–Crippen MR) is 67.5 cm³/mol. The molecule has 2 aromatic rings. The fourth-order valence-electron chi connectivity index (χ4n) is 1.99. The van der Waals surface area contributed by atoms with E-state index in [0.717, 1.165) is 36.2 Å². The van der Waals surface area contributed by atoms with E-state index in [1.54, 1.807) is 0 Å². The molecule has 0 aliphatic rings. The Hall–Kier alpha value is -1.35. The van der Waals surface area contributed by atoms with Crippen LogP contribution in [0.2, 0.25) is 0 Å². The lowest BCUT2D eigenvalue weighted by Gasteiger charge is -2.06. The van der Waals surface area contributed by atoms with Gasteiger partial charge in [-0.3, -0.25) is 0 Å². The number of rotatable bonds is 4. The highest BCUT2D eigenvalue weighted by atomic mass is 14.9. The summed E-state index contributed by atoms with van der Waals surface area (Å²) in [5, 5.41) is 0. The summed E-state index contributed by atoms with van der Waals surface area (Å²) in [6.45, 7) is 5.05. The first-order valence-electron chi connectivity index (χ1n) is 5.87. The van der Waals surface area contributed by atoms with Crippen molar-refractivity contribution in [3.05, 3.63) is 29.6 Å². The molecule has 3 nitrogen and oxygen atoms in total. The second-order valence-corrected chi connectivity index (χ2v) is 4.43. The quantitative estimate of drug-likeness (QED) is 0.827. The van der Waals surface area contributed by atoms with Crippen molar-refractivity contribution >= 4 is 11.0 Å². The first-order chi connectivity index (χ1) is 7.72. The number of fused-ring (bicyclic) bond motifs is 1. The summed E-state index contributed by atoms with van der Waals surface area (Å²) in [5.74, 6) is 1.54. The van der Waals surface area contributed by atoms with E-state index in [-0.39, 0.29) is 0 Å². The zero-order valence-corrected chi connectivity index (χ0v) is 9.96. The molecule has 0 aliphatic carbocycles. The van der Waals surface area contributed by atoms with Crippen molar-refractivity contribution in [3.63, 3.8) is 0 Å². The molecule has 0 radical (unpaired) electrons. The smallest absolute Gasteiger partial charge is 0.110 e. The SMILES string of the molecule is Cc1cccc2[nH]c(C(C)CCCN)nc12. The Kier molecular flexibility index (Phi) is 3.25. The van der Waals surface area contributed by atoms with Gasteiger partial charge in [0.15, 0.2) is 0 Å². The topological polar surface area (TPSA) is 54.7 Å². The Morgan fingerprint density at radius 3 is 2.94 bits per heavy atom. The number of aryl methyl sites for hydroxylation is 1. The van der Waals surface area contributed by atoms with E-state index in [1.165, 1.54) is 5.56 Å². The van der Waals surface area contributed by atoms with Crippen LogP contribution >= 0.6 is 0 Å². The van der Waals surface area contributed by atoms with Crippen molar-refractivity contribution < 1.29 is 0 Å². The number of hydrogen-bond donors (Lipinski definition) is 2. The maximum Gasteiger partial charge on any atom is 0.110 e. The largest absolute Gasteiger partial charge is 0.342 e. The molecule has 3 heteroatoms. The van der Waals surface area contributed by atoms with E-state index in [0.29, 0.717) is 5.92 Å². The van der Waals surface area contributed by atoms with Crippen LogP contribution in [0.1, 0.15) is 37.1 Å². The van der Waals surface area contributed by atoms with Crippen LogP contribution in [0.4, 0.5) is 0 Å². The molecular formula is C13H19N3. The molecule has 0 saturated heterocycles. The highest BCUT2D eigenvalue weighted by molar-refractivity contribution is 5.78. The standard InChI is InChI=1S/C13H19N3/c1-9-5-3-7-11-12(9)16-13(15-11)10(2)6-4-8-14/h3,5,7,10H,4,6,8,14H2,1-2H3,(H,15,16). The highest BCUT2D eigenvalue weighted by Crippen LogP contribution is 2.22. The third-order valence-corrected chi connectivity index (χ3v) is 3.04. The fraction of sp³-hybridized carbons (Fsp3) is 0.462. The van der Waals surface area contributed by atoms with Gasteiger partial charge >= 0.3 is 0 Å². The molecule has 1 aromatic carbocycles. The summed E-state index contributed by atoms with van der Waals surface area (Å²) in [5.41, 5.74) is 8.98. The van der Waals surface area contributed by atoms with E-state index < -0.39 is 0 Å². The van der Waals surface area contributed by atoms with E-state index in [4.69, 9.17) is 5.73 Å². The van der Waals surface area contributed by atoms with Crippen LogP contribution in [-0.4, -0.2) is 16.5 Å². The lowest BCUT2D eigenvalue weighted by Crippen LogP contribution is -2.02. The summed E-state index contributed by atoms with van der Waals surface area (Å²) >= 11 is 0. The molecule has 3 N–H and O–H groups in total. The van der Waals surface area contributed by atoms with Crippen LogP contribution < -0.4 is 5.73 Å². The zero-order chi connectivity index (χ0) is 11.5. The van der Waals surface area contributed by atoms with E-state index >= 15 is 0 Å². The van der Waals surface area contributed by atoms with Gasteiger partial charge in [-0.25, -0.2) is 4.98 Å². The molecule has 16 heavy (non-hydrogen) atoms. The number of benzene rings is 1. The van der Waals surface area contributed by atoms with Gasteiger partial charge in [0.05, 0.1) is 11.0 Å². The minimum atomic E-state index is 0.454. The van der Waals surface area contributed by atoms with Crippen molar-refractivity contribution in [2.75, 3.05) is 6.54 Å². The van der Waals surface area contributed by atoms with Crippen LogP contribution in [0.25, 0.3) is 11.0 Å². The second-order valence-electron chi connectivity index (χ2n) is 4.43. The van der Waals surface area contributed by atoms with Crippen molar-refractivity contribution in [3.8, 4) is 0 Å². The molecule has 0 amide bonds. The van der Waals surface area contributed by atoms with E-state index in [9.17, 15) is 0 Å². The lowest BCUT2D eigenvalue weighted by atomic mass is 10.1. The van der Waals surface area contributed by atoms with Gasteiger partial charge in [-0.15, -0.1) is 0 Å². The molecule has 0 fully saturated rings. The maximum absolute atomic E-state index is 5.52. The third-order valence-electron chi connectivity index (χ3n) is 3.04. The normalized spacial score (nSPS) is 13.2. The van der Waals surface area contributed by atoms with Gasteiger partial charge in [-0.05, 0) is 37.9 Å². The average molecular weight is 217 g/mol. The molecule has 1 atom stereocenters. The zero-order valence-electron chi connectivity index (χ0n) is 9.96. The van der Waals surface area contributed by atoms with E-state index in [1.807, 2.05) is 0 Å². The summed E-state index contributed by atoms with van der Waals surface area (Å²) in [7, 11) is 0. The average Bonchev–Trinajstić information content (AvgIpc) is 2.71. The van der Waals surface area contributed by atoms with Crippen molar-refractivity contribution in [2.24, 2.45) is 5.73 Å². The molecule has 0 spiro atoms. The molecular weight excluding hydrogens is 198 g/mol. The van der Waals surface area contributed by atoms with Crippen LogP contribution in [0.3, 0.4) is 0 Å². The number of aromatic nitrogens is 2. The Bertz CT molecular complexity index is 473. The van der Waals surface area contributed by atoms with Gasteiger partial charge in [-0.2, -0.15) is 0 Å². The molecule has 0 saturated carbocycles. The van der Waals surface area contributed by atoms with Crippen LogP contribution in [0.5, 0.6) is 0 Å². The van der Waals surface area contributed by atoms with Crippen molar-refractivity contribution in [2.45, 2.75) is 32.6 Å². The summed E-state index contributed by atoms with van der Waals surface area (Å²) in [4.78, 5) is 8.06. The van der Waals surface area contributed by atoms with Crippen LogP contribution in [0.15, 0.2) is 18.2 Å². The molecule has 0 bridgehead atoms. The van der Waals surface area contributed by atoms with Gasteiger partial charge in [0, 0.05) is 5.92 Å². The molecule has 2 rings (SSSR count). The third kappa shape index (κ3) is 2.09. The van der Waals surface area contributed by atoms with Crippen LogP contribution in [0, 0.1) is 6.92 Å². The summed E-state index contributed by atoms with van der Waals surface area (Å²) in [6, 6.07) is 6.23. The summed E-state index contributed by atoms with van der Waals surface area (Å²) in [6.07, 6.45) is 2.15. The predicted octanol–water partition coefficient (Wildman–Crippen LogP) is 2.71. The lowest BCUT2D eigenvalue weighted by molar-refractivity contribution is 0.616. The molecule has 1 aromatic heterocycles. The van der Waals surface area contributed by atoms with Gasteiger partial charge < -0.3 is 10.7 Å². The Labute approximate surface area is 96.1 Å². The Balaban J connectivity index is 2.29. The molecule has 1 unspecified atom stereocenters. The molecule has 86 valence electrons. The number of aromatic amines is 1. The van der Waals surface area contributed by atoms with Gasteiger partial charge in [0.2, 0.25) is 0 Å². The van der Waals surface area contributed by atoms with Crippen molar-refractivity contribution in [1.82, 2.24) is 9.97 Å². The number of hydrogen-bond acceptors (Lipinski definition) is 2. The maximum atomic E-state index is 5.52. The molecule has 0 aliphatic heterocycles. The Morgan fingerprint density at radius 1 is 1.44 bits per heavy atom. The molecule has 1 heterocycles. The summed E-state index contributed by atoms with van der Waals surface area (Å²) < 4.78 is 0. The number of para-hydroxylation sites is 1. The first-order valence-corrected chi connectivity index (χ1v) is 5.87. The Morgan fingerprint density at radius 2 is 2.25 bits per heavy atom.